The summed E-state index contributed by atoms with van der Waals surface area (Å²) in [6.07, 6.45) is 2.79. The molecule has 4 rings (SSSR count). The van der Waals surface area contributed by atoms with E-state index in [-0.39, 0.29) is 28.9 Å². The van der Waals surface area contributed by atoms with Gasteiger partial charge in [0.25, 0.3) is 5.91 Å². The Hall–Kier alpha value is -4.54. The highest BCUT2D eigenvalue weighted by atomic mass is 16.5. The van der Waals surface area contributed by atoms with E-state index in [1.54, 1.807) is 30.3 Å². The summed E-state index contributed by atoms with van der Waals surface area (Å²) >= 11 is 0. The van der Waals surface area contributed by atoms with Crippen LogP contribution in [0.15, 0.2) is 43.1 Å². The van der Waals surface area contributed by atoms with E-state index >= 15 is 0 Å². The second-order valence-electron chi connectivity index (χ2n) is 7.87. The van der Waals surface area contributed by atoms with E-state index in [9.17, 15) is 9.59 Å². The molecule has 11 heteroatoms. The standard InChI is InChI=1S/C25H27N7O4/c1-5-36-14(2)17-11-12-18(31-30-17)16-7-6-8-19(23(16)35-4)28-21-20(29-24(33)15-9-10-15)13-27-32-22(21)25(34)26-3/h6-8,11-13,15H,2,5,9-10H2,1,3-4H3,(H,26,34)(H,27,28)(H,29,32,33)/i3D3. The van der Waals surface area contributed by atoms with E-state index in [1.807, 2.05) is 12.2 Å². The van der Waals surface area contributed by atoms with Crippen molar-refractivity contribution >= 4 is 34.6 Å². The number of rotatable bonds is 10. The highest BCUT2D eigenvalue weighted by Gasteiger charge is 2.31. The summed E-state index contributed by atoms with van der Waals surface area (Å²) in [7, 11) is 1.46. The number of ether oxygens (including phenoxy) is 2. The van der Waals surface area contributed by atoms with Gasteiger partial charge in [0.05, 0.1) is 42.7 Å². The lowest BCUT2D eigenvalue weighted by molar-refractivity contribution is -0.117. The Kier molecular flexibility index (Phi) is 6.24. The Morgan fingerprint density at radius 3 is 2.67 bits per heavy atom. The van der Waals surface area contributed by atoms with E-state index in [0.717, 1.165) is 12.8 Å². The molecule has 0 spiro atoms. The van der Waals surface area contributed by atoms with Crippen molar-refractivity contribution in [2.45, 2.75) is 19.8 Å². The van der Waals surface area contributed by atoms with Gasteiger partial charge in [0, 0.05) is 22.6 Å². The second kappa shape index (κ2) is 10.8. The Bertz CT molecular complexity index is 1390. The number of aromatic nitrogens is 4. The summed E-state index contributed by atoms with van der Waals surface area (Å²) in [6.45, 7) is 3.36. The third-order valence-corrected chi connectivity index (χ3v) is 5.41. The Balaban J connectivity index is 1.73. The maximum atomic E-state index is 12.8. The lowest BCUT2D eigenvalue weighted by Crippen LogP contribution is -2.23. The van der Waals surface area contributed by atoms with Crippen LogP contribution >= 0.6 is 0 Å². The monoisotopic (exact) mass is 492 g/mol. The van der Waals surface area contributed by atoms with Crippen molar-refractivity contribution in [1.29, 1.82) is 0 Å². The highest BCUT2D eigenvalue weighted by Crippen LogP contribution is 2.39. The van der Waals surface area contributed by atoms with Crippen LogP contribution in [0.1, 0.15) is 40.1 Å². The summed E-state index contributed by atoms with van der Waals surface area (Å²) in [5.41, 5.74) is 1.80. The first kappa shape index (κ1) is 20.8. The predicted octanol–water partition coefficient (Wildman–Crippen LogP) is 3.40. The van der Waals surface area contributed by atoms with E-state index in [2.05, 4.69) is 37.6 Å². The van der Waals surface area contributed by atoms with Crippen molar-refractivity contribution < 1.29 is 23.2 Å². The molecular weight excluding hydrogens is 462 g/mol. The fourth-order valence-electron chi connectivity index (χ4n) is 3.47. The first-order valence-electron chi connectivity index (χ1n) is 12.7. The minimum absolute atomic E-state index is 0.0469. The molecule has 11 nitrogen and oxygen atoms in total. The van der Waals surface area contributed by atoms with Crippen LogP contribution in [0.4, 0.5) is 17.1 Å². The molecule has 0 unspecified atom stereocenters. The smallest absolute Gasteiger partial charge is 0.273 e. The molecule has 1 aliphatic rings. The molecule has 1 aliphatic carbocycles. The van der Waals surface area contributed by atoms with Gasteiger partial charge in [-0.25, -0.2) is 0 Å². The van der Waals surface area contributed by atoms with Crippen molar-refractivity contribution in [3.63, 3.8) is 0 Å². The van der Waals surface area contributed by atoms with E-state index in [1.165, 1.54) is 13.3 Å². The summed E-state index contributed by atoms with van der Waals surface area (Å²) in [4.78, 5) is 25.4. The Morgan fingerprint density at radius 1 is 1.17 bits per heavy atom. The SMILES string of the molecule is [2H]C([2H])([2H])NC(=O)c1nncc(NC(=O)C2CC2)c1Nc1cccc(-c2ccc(C(=C)OCC)nn2)c1OC. The quantitative estimate of drug-likeness (QED) is 0.363. The molecule has 1 aromatic carbocycles. The number of amides is 2. The maximum Gasteiger partial charge on any atom is 0.273 e. The molecule has 186 valence electrons. The molecule has 2 aromatic heterocycles. The first-order valence-corrected chi connectivity index (χ1v) is 11.2. The number of nitrogens with zero attached hydrogens (tertiary/aromatic N) is 4. The predicted molar refractivity (Wildman–Crippen MR) is 135 cm³/mol. The number of hydrogen-bond donors (Lipinski definition) is 3. The highest BCUT2D eigenvalue weighted by molar-refractivity contribution is 6.05. The van der Waals surface area contributed by atoms with E-state index < -0.39 is 12.9 Å². The van der Waals surface area contributed by atoms with Gasteiger partial charge in [-0.15, -0.1) is 15.3 Å². The van der Waals surface area contributed by atoms with Crippen LogP contribution in [0.25, 0.3) is 17.0 Å². The van der Waals surface area contributed by atoms with Gasteiger partial charge in [0.2, 0.25) is 5.91 Å². The molecule has 0 bridgehead atoms. The molecule has 1 fully saturated rings. The molecule has 36 heavy (non-hydrogen) atoms. The van der Waals surface area contributed by atoms with Gasteiger partial charge in [-0.05, 0) is 44.0 Å². The molecule has 3 N–H and O–H groups in total. The van der Waals surface area contributed by atoms with Crippen molar-refractivity contribution in [3.8, 4) is 17.0 Å². The molecule has 0 aliphatic heterocycles. The zero-order valence-electron chi connectivity index (χ0n) is 22.8. The van der Waals surface area contributed by atoms with Gasteiger partial charge in [0.15, 0.2) is 11.4 Å². The number of hydrogen-bond acceptors (Lipinski definition) is 9. The second-order valence-corrected chi connectivity index (χ2v) is 7.87. The number of methoxy groups -OCH3 is 1. The minimum Gasteiger partial charge on any atom is -0.494 e. The number of carbonyl (C=O) groups is 2. The van der Waals surface area contributed by atoms with Gasteiger partial charge in [-0.2, -0.15) is 5.10 Å². The molecule has 1 saturated carbocycles. The topological polar surface area (TPSA) is 140 Å². The number of benzene rings is 1. The Labute approximate surface area is 212 Å². The van der Waals surface area contributed by atoms with Crippen LogP contribution < -0.4 is 20.7 Å². The fraction of sp³-hybridized carbons (Fsp3) is 0.280. The fourth-order valence-corrected chi connectivity index (χ4v) is 3.47. The first-order chi connectivity index (χ1) is 18.6. The van der Waals surface area contributed by atoms with Crippen molar-refractivity contribution in [2.75, 3.05) is 31.3 Å². The zero-order valence-corrected chi connectivity index (χ0v) is 19.8. The number of carbonyl (C=O) groups excluding carboxylic acids is 2. The van der Waals surface area contributed by atoms with Crippen molar-refractivity contribution in [3.05, 3.63) is 54.5 Å². The van der Waals surface area contributed by atoms with Crippen LogP contribution in [-0.2, 0) is 9.53 Å². The average molecular weight is 493 g/mol. The summed E-state index contributed by atoms with van der Waals surface area (Å²) < 4.78 is 33.3. The van der Waals surface area contributed by atoms with Gasteiger partial charge >= 0.3 is 0 Å². The number of nitrogens with one attached hydrogen (secondary N) is 3. The van der Waals surface area contributed by atoms with Gasteiger partial charge < -0.3 is 25.4 Å². The maximum absolute atomic E-state index is 12.8. The minimum atomic E-state index is -2.76. The van der Waals surface area contributed by atoms with Crippen LogP contribution in [0, 0.1) is 5.92 Å². The van der Waals surface area contributed by atoms with Crippen LogP contribution in [0.5, 0.6) is 5.75 Å². The van der Waals surface area contributed by atoms with E-state index in [4.69, 9.17) is 13.6 Å². The largest absolute Gasteiger partial charge is 0.494 e. The summed E-state index contributed by atoms with van der Waals surface area (Å²) in [6, 6.07) is 8.63. The number of para-hydroxylation sites is 1. The average Bonchev–Trinajstić information content (AvgIpc) is 3.74. The molecule has 0 radical (unpaired) electrons. The van der Waals surface area contributed by atoms with Gasteiger partial charge in [0.1, 0.15) is 11.5 Å². The number of anilines is 3. The Morgan fingerprint density at radius 2 is 2.00 bits per heavy atom. The summed E-state index contributed by atoms with van der Waals surface area (Å²) in [5.74, 6) is -0.630. The molecular formula is C25H27N7O4. The normalized spacial score (nSPS) is 14.0. The molecule has 0 atom stereocenters. The molecule has 0 saturated heterocycles. The van der Waals surface area contributed by atoms with Gasteiger partial charge in [-0.3, -0.25) is 9.59 Å². The zero-order chi connectivity index (χ0) is 28.2. The molecule has 2 amide bonds. The van der Waals surface area contributed by atoms with Crippen LogP contribution in [0.3, 0.4) is 0 Å². The van der Waals surface area contributed by atoms with Crippen molar-refractivity contribution in [1.82, 2.24) is 25.7 Å². The molecule has 2 heterocycles. The van der Waals surface area contributed by atoms with Gasteiger partial charge in [-0.1, -0.05) is 12.6 Å². The van der Waals surface area contributed by atoms with Crippen LogP contribution in [0.2, 0.25) is 0 Å². The van der Waals surface area contributed by atoms with E-state index in [0.29, 0.717) is 40.8 Å². The lowest BCUT2D eigenvalue weighted by Gasteiger charge is -2.18. The lowest BCUT2D eigenvalue weighted by atomic mass is 10.1. The van der Waals surface area contributed by atoms with Crippen LogP contribution in [-0.4, -0.2) is 52.9 Å². The van der Waals surface area contributed by atoms with Crippen molar-refractivity contribution in [2.24, 2.45) is 5.92 Å². The molecule has 3 aromatic rings. The summed E-state index contributed by atoms with van der Waals surface area (Å²) in [5, 5.41) is 23.8. The third-order valence-electron chi connectivity index (χ3n) is 5.41. The third kappa shape index (κ3) is 5.24.